The molecule has 0 aliphatic carbocycles. The van der Waals surface area contributed by atoms with Gasteiger partial charge in [-0.25, -0.2) is 4.79 Å². The van der Waals surface area contributed by atoms with Gasteiger partial charge in [-0.15, -0.1) is 11.3 Å². The molecule has 3 heterocycles. The van der Waals surface area contributed by atoms with Crippen LogP contribution in [0.4, 0.5) is 0 Å². The van der Waals surface area contributed by atoms with Gasteiger partial charge in [-0.1, -0.05) is 24.3 Å². The van der Waals surface area contributed by atoms with Crippen LogP contribution in [-0.4, -0.2) is 16.7 Å². The highest BCUT2D eigenvalue weighted by atomic mass is 32.1. The van der Waals surface area contributed by atoms with E-state index in [2.05, 4.69) is 4.98 Å². The number of para-hydroxylation sites is 1. The Morgan fingerprint density at radius 2 is 2.00 bits per heavy atom. The summed E-state index contributed by atoms with van der Waals surface area (Å²) >= 11 is 1.31. The van der Waals surface area contributed by atoms with E-state index in [9.17, 15) is 9.59 Å². The molecule has 0 spiro atoms. The maximum Gasteiger partial charge on any atom is 0.353 e. The quantitative estimate of drug-likeness (QED) is 0.303. The molecule has 0 saturated carbocycles. The largest absolute Gasteiger partial charge is 0.452 e. The van der Waals surface area contributed by atoms with E-state index in [4.69, 9.17) is 9.47 Å². The smallest absolute Gasteiger partial charge is 0.353 e. The molecule has 6 heteroatoms. The number of thiophene rings is 1. The van der Waals surface area contributed by atoms with Crippen LogP contribution >= 0.6 is 11.3 Å². The second-order valence-electron chi connectivity index (χ2n) is 6.25. The summed E-state index contributed by atoms with van der Waals surface area (Å²) in [6.45, 7) is 0. The fourth-order valence-corrected chi connectivity index (χ4v) is 3.74. The van der Waals surface area contributed by atoms with E-state index in [1.807, 2.05) is 35.8 Å². The van der Waals surface area contributed by atoms with Crippen molar-refractivity contribution in [2.45, 2.75) is 0 Å². The van der Waals surface area contributed by atoms with E-state index in [1.165, 1.54) is 11.3 Å². The van der Waals surface area contributed by atoms with Crippen LogP contribution < -0.4 is 9.47 Å². The molecule has 5 nitrogen and oxygen atoms in total. The molecule has 0 radical (unpaired) electrons. The van der Waals surface area contributed by atoms with Crippen LogP contribution in [0.3, 0.4) is 0 Å². The SMILES string of the molecule is O=C(Oc1ccc2c(c1)OC(=Cc1c[nH]c3ccccc13)C2=O)c1cccs1. The lowest BCUT2D eigenvalue weighted by Crippen LogP contribution is -2.06. The summed E-state index contributed by atoms with van der Waals surface area (Å²) in [5, 5.41) is 2.82. The maximum atomic E-state index is 12.7. The molecular weight excluding hydrogens is 374 g/mol. The Labute approximate surface area is 163 Å². The van der Waals surface area contributed by atoms with Gasteiger partial charge in [-0.2, -0.15) is 0 Å². The van der Waals surface area contributed by atoms with Crippen molar-refractivity contribution in [3.05, 3.63) is 87.9 Å². The molecule has 0 bridgehead atoms. The Hall–Kier alpha value is -3.64. The van der Waals surface area contributed by atoms with Crippen molar-refractivity contribution in [3.63, 3.8) is 0 Å². The summed E-state index contributed by atoms with van der Waals surface area (Å²) in [7, 11) is 0. The van der Waals surface area contributed by atoms with Crippen molar-refractivity contribution < 1.29 is 19.1 Å². The molecule has 2 aromatic heterocycles. The number of nitrogens with one attached hydrogen (secondary N) is 1. The maximum absolute atomic E-state index is 12.7. The third kappa shape index (κ3) is 2.80. The molecular formula is C22H13NO4S. The minimum Gasteiger partial charge on any atom is -0.452 e. The van der Waals surface area contributed by atoms with Crippen LogP contribution in [-0.2, 0) is 0 Å². The van der Waals surface area contributed by atoms with E-state index >= 15 is 0 Å². The molecule has 136 valence electrons. The number of allylic oxidation sites excluding steroid dienone is 1. The van der Waals surface area contributed by atoms with Crippen molar-refractivity contribution in [2.24, 2.45) is 0 Å². The summed E-state index contributed by atoms with van der Waals surface area (Å²) in [5.41, 5.74) is 2.30. The lowest BCUT2D eigenvalue weighted by molar-refractivity contribution is 0.0739. The first-order valence-corrected chi connectivity index (χ1v) is 9.47. The van der Waals surface area contributed by atoms with Crippen molar-refractivity contribution in [1.29, 1.82) is 0 Å². The monoisotopic (exact) mass is 387 g/mol. The average molecular weight is 387 g/mol. The normalized spacial score (nSPS) is 14.3. The number of carbonyl (C=O) groups excluding carboxylic acids is 2. The molecule has 2 aromatic carbocycles. The summed E-state index contributed by atoms with van der Waals surface area (Å²) < 4.78 is 11.1. The number of fused-ring (bicyclic) bond motifs is 2. The van der Waals surface area contributed by atoms with Crippen LogP contribution in [0.25, 0.3) is 17.0 Å². The topological polar surface area (TPSA) is 68.4 Å². The molecule has 0 atom stereocenters. The number of hydrogen-bond acceptors (Lipinski definition) is 5. The van der Waals surface area contributed by atoms with E-state index in [0.717, 1.165) is 16.5 Å². The summed E-state index contributed by atoms with van der Waals surface area (Å²) in [6.07, 6.45) is 3.56. The number of rotatable bonds is 3. The van der Waals surface area contributed by atoms with E-state index in [-0.39, 0.29) is 11.5 Å². The molecule has 0 amide bonds. The van der Waals surface area contributed by atoms with E-state index in [1.54, 1.807) is 36.4 Å². The number of benzene rings is 2. The molecule has 1 aliphatic rings. The zero-order chi connectivity index (χ0) is 19.1. The fraction of sp³-hybridized carbons (Fsp3) is 0. The highest BCUT2D eigenvalue weighted by molar-refractivity contribution is 7.12. The second kappa shape index (κ2) is 6.51. The Morgan fingerprint density at radius 3 is 2.86 bits per heavy atom. The van der Waals surface area contributed by atoms with Gasteiger partial charge in [-0.05, 0) is 35.7 Å². The highest BCUT2D eigenvalue weighted by Crippen LogP contribution is 2.35. The average Bonchev–Trinajstić information content (AvgIpc) is 3.43. The van der Waals surface area contributed by atoms with E-state index in [0.29, 0.717) is 21.9 Å². The molecule has 0 saturated heterocycles. The van der Waals surface area contributed by atoms with Gasteiger partial charge in [-0.3, -0.25) is 4.79 Å². The van der Waals surface area contributed by atoms with Gasteiger partial charge in [0, 0.05) is 28.7 Å². The number of H-pyrrole nitrogens is 1. The van der Waals surface area contributed by atoms with Gasteiger partial charge >= 0.3 is 5.97 Å². The minimum atomic E-state index is -0.436. The fourth-order valence-electron chi connectivity index (χ4n) is 3.14. The lowest BCUT2D eigenvalue weighted by Gasteiger charge is -2.04. The third-order valence-corrected chi connectivity index (χ3v) is 5.33. The number of esters is 1. The van der Waals surface area contributed by atoms with Crippen LogP contribution in [0, 0.1) is 0 Å². The second-order valence-corrected chi connectivity index (χ2v) is 7.20. The molecule has 1 N–H and O–H groups in total. The Morgan fingerprint density at radius 1 is 1.11 bits per heavy atom. The molecule has 0 fully saturated rings. The standard InChI is InChI=1S/C22H13NO4S/c24-21-16-8-7-14(26-22(25)20-6-3-9-28-20)11-18(16)27-19(21)10-13-12-23-17-5-2-1-4-15(13)17/h1-12,23H. The minimum absolute atomic E-state index is 0.198. The predicted molar refractivity (Wildman–Crippen MR) is 107 cm³/mol. The molecule has 1 aliphatic heterocycles. The Balaban J connectivity index is 1.43. The van der Waals surface area contributed by atoms with Crippen molar-refractivity contribution in [1.82, 2.24) is 4.98 Å². The van der Waals surface area contributed by atoms with Crippen LogP contribution in [0.15, 0.2) is 71.9 Å². The highest BCUT2D eigenvalue weighted by Gasteiger charge is 2.28. The van der Waals surface area contributed by atoms with Crippen LogP contribution in [0.2, 0.25) is 0 Å². The van der Waals surface area contributed by atoms with Crippen molar-refractivity contribution in [3.8, 4) is 11.5 Å². The molecule has 4 aromatic rings. The predicted octanol–water partition coefficient (Wildman–Crippen LogP) is 5.06. The number of aromatic amines is 1. The Bertz CT molecular complexity index is 1250. The van der Waals surface area contributed by atoms with Gasteiger partial charge < -0.3 is 14.5 Å². The van der Waals surface area contributed by atoms with Gasteiger partial charge in [0.05, 0.1) is 5.56 Å². The molecule has 28 heavy (non-hydrogen) atoms. The van der Waals surface area contributed by atoms with E-state index < -0.39 is 5.97 Å². The van der Waals surface area contributed by atoms with Crippen LogP contribution in [0.5, 0.6) is 11.5 Å². The number of ether oxygens (including phenoxy) is 2. The zero-order valence-corrected chi connectivity index (χ0v) is 15.3. The third-order valence-electron chi connectivity index (χ3n) is 4.48. The van der Waals surface area contributed by atoms with Gasteiger partial charge in [0.2, 0.25) is 5.78 Å². The zero-order valence-electron chi connectivity index (χ0n) is 14.5. The van der Waals surface area contributed by atoms with Crippen LogP contribution in [0.1, 0.15) is 25.6 Å². The number of ketones is 1. The van der Waals surface area contributed by atoms with Gasteiger partial charge in [0.25, 0.3) is 0 Å². The number of aromatic nitrogens is 1. The number of Topliss-reactive ketones (excluding diaryl/α,β-unsaturated/α-hetero) is 1. The Kier molecular flexibility index (Phi) is 3.84. The van der Waals surface area contributed by atoms with Gasteiger partial charge in [0.15, 0.2) is 5.76 Å². The molecule has 0 unspecified atom stereocenters. The first-order valence-electron chi connectivity index (χ1n) is 8.59. The van der Waals surface area contributed by atoms with Crippen molar-refractivity contribution in [2.75, 3.05) is 0 Å². The summed E-state index contributed by atoms with van der Waals surface area (Å²) in [5.74, 6) is 0.317. The first-order chi connectivity index (χ1) is 13.7. The first kappa shape index (κ1) is 16.5. The number of hydrogen-bond donors (Lipinski definition) is 1. The summed E-state index contributed by atoms with van der Waals surface area (Å²) in [4.78, 5) is 28.5. The summed E-state index contributed by atoms with van der Waals surface area (Å²) in [6, 6.07) is 16.1. The number of carbonyl (C=O) groups is 2. The molecule has 5 rings (SSSR count). The van der Waals surface area contributed by atoms with Crippen molar-refractivity contribution >= 4 is 40.1 Å². The lowest BCUT2D eigenvalue weighted by atomic mass is 10.1. The van der Waals surface area contributed by atoms with Gasteiger partial charge in [0.1, 0.15) is 16.4 Å².